The van der Waals surface area contributed by atoms with Gasteiger partial charge < -0.3 is 15.4 Å². The summed E-state index contributed by atoms with van der Waals surface area (Å²) in [6, 6.07) is 0.807. The molecule has 0 aliphatic heterocycles. The van der Waals surface area contributed by atoms with Gasteiger partial charge in [0.1, 0.15) is 0 Å². The van der Waals surface area contributed by atoms with Gasteiger partial charge in [-0.2, -0.15) is 15.0 Å². The Morgan fingerprint density at radius 3 is 2.64 bits per heavy atom. The lowest BCUT2D eigenvalue weighted by molar-refractivity contribution is 0.379. The minimum atomic E-state index is 0.194. The van der Waals surface area contributed by atoms with Crippen LogP contribution in [0.4, 0.5) is 11.9 Å². The molecule has 2 rings (SSSR count). The molecule has 76 valence electrons. The maximum Gasteiger partial charge on any atom is 0.322 e. The Morgan fingerprint density at radius 1 is 1.36 bits per heavy atom. The molecule has 1 heterocycles. The van der Waals surface area contributed by atoms with Crippen molar-refractivity contribution in [3.63, 3.8) is 0 Å². The van der Waals surface area contributed by atoms with Gasteiger partial charge in [-0.05, 0) is 12.8 Å². The van der Waals surface area contributed by atoms with E-state index in [1.807, 2.05) is 11.9 Å². The maximum atomic E-state index is 5.52. The smallest absolute Gasteiger partial charge is 0.322 e. The monoisotopic (exact) mass is 195 g/mol. The van der Waals surface area contributed by atoms with Gasteiger partial charge in [0.05, 0.1) is 7.11 Å². The number of nitrogens with two attached hydrogens (primary N) is 1. The summed E-state index contributed by atoms with van der Waals surface area (Å²) in [5.74, 6) is 0.774. The number of hydrogen-bond donors (Lipinski definition) is 1. The number of nitrogen functional groups attached to an aromatic ring is 1. The van der Waals surface area contributed by atoms with Crippen molar-refractivity contribution >= 4 is 11.9 Å². The molecular formula is C8H13N5O. The first-order valence-electron chi connectivity index (χ1n) is 4.49. The van der Waals surface area contributed by atoms with E-state index < -0.39 is 0 Å². The van der Waals surface area contributed by atoms with Crippen LogP contribution in [-0.4, -0.2) is 35.2 Å². The quantitative estimate of drug-likeness (QED) is 0.735. The molecule has 1 aromatic heterocycles. The molecule has 1 aliphatic carbocycles. The van der Waals surface area contributed by atoms with E-state index >= 15 is 0 Å². The molecule has 6 heteroatoms. The average molecular weight is 195 g/mol. The Balaban J connectivity index is 2.27. The number of methoxy groups -OCH3 is 1. The van der Waals surface area contributed by atoms with Gasteiger partial charge in [0.25, 0.3) is 0 Å². The lowest BCUT2D eigenvalue weighted by Crippen LogP contribution is -2.23. The van der Waals surface area contributed by atoms with Crippen LogP contribution in [0.5, 0.6) is 6.01 Å². The van der Waals surface area contributed by atoms with Crippen molar-refractivity contribution in [1.29, 1.82) is 0 Å². The van der Waals surface area contributed by atoms with E-state index in [-0.39, 0.29) is 12.0 Å². The summed E-state index contributed by atoms with van der Waals surface area (Å²) in [6.45, 7) is 0. The third-order valence-electron chi connectivity index (χ3n) is 2.21. The van der Waals surface area contributed by atoms with Gasteiger partial charge in [-0.1, -0.05) is 0 Å². The van der Waals surface area contributed by atoms with Gasteiger partial charge in [-0.3, -0.25) is 0 Å². The molecule has 0 bridgehead atoms. The maximum absolute atomic E-state index is 5.52. The summed E-state index contributed by atoms with van der Waals surface area (Å²) in [5, 5.41) is 0. The molecule has 0 radical (unpaired) electrons. The molecular weight excluding hydrogens is 182 g/mol. The number of rotatable bonds is 3. The second-order valence-electron chi connectivity index (χ2n) is 3.32. The normalized spacial score (nSPS) is 15.3. The summed E-state index contributed by atoms with van der Waals surface area (Å²) in [6.07, 6.45) is 2.37. The second kappa shape index (κ2) is 3.28. The third kappa shape index (κ3) is 1.68. The Kier molecular flexibility index (Phi) is 2.11. The van der Waals surface area contributed by atoms with E-state index in [1.165, 1.54) is 20.0 Å². The molecule has 2 N–H and O–H groups in total. The molecule has 0 unspecified atom stereocenters. The van der Waals surface area contributed by atoms with Crippen LogP contribution in [-0.2, 0) is 0 Å². The van der Waals surface area contributed by atoms with E-state index in [2.05, 4.69) is 15.0 Å². The Hall–Kier alpha value is -1.59. The van der Waals surface area contributed by atoms with Crippen molar-refractivity contribution in [2.75, 3.05) is 24.8 Å². The van der Waals surface area contributed by atoms with Gasteiger partial charge in [0.15, 0.2) is 0 Å². The van der Waals surface area contributed by atoms with Crippen LogP contribution >= 0.6 is 0 Å². The number of aromatic nitrogens is 3. The minimum Gasteiger partial charge on any atom is -0.467 e. The minimum absolute atomic E-state index is 0.194. The zero-order chi connectivity index (χ0) is 10.1. The summed E-state index contributed by atoms with van der Waals surface area (Å²) in [7, 11) is 3.46. The fraction of sp³-hybridized carbons (Fsp3) is 0.625. The molecule has 0 amide bonds. The highest BCUT2D eigenvalue weighted by Crippen LogP contribution is 2.28. The number of anilines is 2. The molecule has 0 spiro atoms. The predicted molar refractivity (Wildman–Crippen MR) is 52.2 cm³/mol. The Labute approximate surface area is 82.1 Å². The van der Waals surface area contributed by atoms with E-state index in [1.54, 1.807) is 0 Å². The summed E-state index contributed by atoms with van der Waals surface area (Å²) in [5.41, 5.74) is 5.52. The lowest BCUT2D eigenvalue weighted by atomic mass is 10.6. The van der Waals surface area contributed by atoms with Crippen LogP contribution in [0.2, 0.25) is 0 Å². The van der Waals surface area contributed by atoms with Crippen molar-refractivity contribution in [2.24, 2.45) is 0 Å². The Bertz CT molecular complexity index is 339. The topological polar surface area (TPSA) is 77.2 Å². The fourth-order valence-electron chi connectivity index (χ4n) is 1.24. The van der Waals surface area contributed by atoms with Crippen molar-refractivity contribution in [3.8, 4) is 6.01 Å². The van der Waals surface area contributed by atoms with Crippen LogP contribution in [0.15, 0.2) is 0 Å². The fourth-order valence-corrected chi connectivity index (χ4v) is 1.24. The molecule has 14 heavy (non-hydrogen) atoms. The van der Waals surface area contributed by atoms with Crippen molar-refractivity contribution in [2.45, 2.75) is 18.9 Å². The highest BCUT2D eigenvalue weighted by atomic mass is 16.5. The van der Waals surface area contributed by atoms with E-state index in [4.69, 9.17) is 10.5 Å². The first kappa shape index (κ1) is 8.98. The molecule has 0 aromatic carbocycles. The molecule has 0 atom stereocenters. The van der Waals surface area contributed by atoms with Crippen molar-refractivity contribution < 1.29 is 4.74 Å². The summed E-state index contributed by atoms with van der Waals surface area (Å²) in [4.78, 5) is 14.0. The highest BCUT2D eigenvalue weighted by Gasteiger charge is 2.28. The number of ether oxygens (including phenoxy) is 1. The number of nitrogens with zero attached hydrogens (tertiary/aromatic N) is 4. The Morgan fingerprint density at radius 2 is 2.07 bits per heavy atom. The van der Waals surface area contributed by atoms with Gasteiger partial charge in [0.2, 0.25) is 11.9 Å². The SMILES string of the molecule is COc1nc(N)nc(N(C)C2CC2)n1. The number of hydrogen-bond acceptors (Lipinski definition) is 6. The lowest BCUT2D eigenvalue weighted by Gasteiger charge is -2.15. The van der Waals surface area contributed by atoms with Crippen molar-refractivity contribution in [3.05, 3.63) is 0 Å². The average Bonchev–Trinajstić information content (AvgIpc) is 2.99. The zero-order valence-corrected chi connectivity index (χ0v) is 8.27. The van der Waals surface area contributed by atoms with Crippen molar-refractivity contribution in [1.82, 2.24) is 15.0 Å². The van der Waals surface area contributed by atoms with E-state index in [9.17, 15) is 0 Å². The van der Waals surface area contributed by atoms with Crippen LogP contribution < -0.4 is 15.4 Å². The molecule has 1 fully saturated rings. The third-order valence-corrected chi connectivity index (χ3v) is 2.21. The predicted octanol–water partition coefficient (Wildman–Crippen LogP) is 0.0610. The summed E-state index contributed by atoms with van der Waals surface area (Å²) >= 11 is 0. The van der Waals surface area contributed by atoms with Gasteiger partial charge >= 0.3 is 6.01 Å². The van der Waals surface area contributed by atoms with Gasteiger partial charge in [-0.25, -0.2) is 0 Å². The van der Waals surface area contributed by atoms with E-state index in [0.717, 1.165) is 0 Å². The summed E-state index contributed by atoms with van der Waals surface area (Å²) < 4.78 is 4.92. The first-order chi connectivity index (χ1) is 6.70. The van der Waals surface area contributed by atoms with Crippen LogP contribution in [0.1, 0.15) is 12.8 Å². The molecule has 1 saturated carbocycles. The standard InChI is InChI=1S/C8H13N5O/c1-13(5-3-4-5)7-10-6(9)11-8(12-7)14-2/h5H,3-4H2,1-2H3,(H2,9,10,11,12). The largest absolute Gasteiger partial charge is 0.467 e. The molecule has 0 saturated heterocycles. The van der Waals surface area contributed by atoms with Crippen LogP contribution in [0.3, 0.4) is 0 Å². The second-order valence-corrected chi connectivity index (χ2v) is 3.32. The molecule has 1 aliphatic rings. The highest BCUT2D eigenvalue weighted by molar-refractivity contribution is 5.37. The van der Waals surface area contributed by atoms with Gasteiger partial charge in [0, 0.05) is 13.1 Å². The molecule has 6 nitrogen and oxygen atoms in total. The first-order valence-corrected chi connectivity index (χ1v) is 4.49. The zero-order valence-electron chi connectivity index (χ0n) is 8.27. The molecule has 1 aromatic rings. The van der Waals surface area contributed by atoms with E-state index in [0.29, 0.717) is 12.0 Å². The van der Waals surface area contributed by atoms with Gasteiger partial charge in [-0.15, -0.1) is 0 Å². The van der Waals surface area contributed by atoms with Crippen LogP contribution in [0.25, 0.3) is 0 Å². The van der Waals surface area contributed by atoms with Crippen LogP contribution in [0, 0.1) is 0 Å².